The van der Waals surface area contributed by atoms with Crippen molar-refractivity contribution in [3.05, 3.63) is 23.2 Å². The topological polar surface area (TPSA) is 32.8 Å². The maximum absolute atomic E-state index is 12.5. The van der Waals surface area contributed by atoms with Gasteiger partial charge >= 0.3 is 0 Å². The Morgan fingerprint density at radius 1 is 1.45 bits per heavy atom. The van der Waals surface area contributed by atoms with Crippen molar-refractivity contribution in [1.82, 2.24) is 4.90 Å². The number of anilines is 1. The summed E-state index contributed by atoms with van der Waals surface area (Å²) in [4.78, 5) is 16.4. The highest BCUT2D eigenvalue weighted by atomic mass is 35.5. The Balaban J connectivity index is 2.37. The zero-order valence-electron chi connectivity index (χ0n) is 12.4. The lowest BCUT2D eigenvalue weighted by atomic mass is 10.1. The van der Waals surface area contributed by atoms with Crippen LogP contribution in [0.5, 0.6) is 5.75 Å². The van der Waals surface area contributed by atoms with Gasteiger partial charge in [-0.05, 0) is 45.6 Å². The summed E-state index contributed by atoms with van der Waals surface area (Å²) >= 11 is 6.06. The predicted molar refractivity (Wildman–Crippen MR) is 81.7 cm³/mol. The number of carbonyl (C=O) groups is 1. The van der Waals surface area contributed by atoms with E-state index in [1.807, 2.05) is 27.1 Å². The van der Waals surface area contributed by atoms with Gasteiger partial charge in [0.2, 0.25) is 0 Å². The van der Waals surface area contributed by atoms with Gasteiger partial charge in [-0.3, -0.25) is 4.79 Å². The van der Waals surface area contributed by atoms with E-state index in [4.69, 9.17) is 16.3 Å². The molecule has 20 heavy (non-hydrogen) atoms. The van der Waals surface area contributed by atoms with E-state index in [9.17, 15) is 4.79 Å². The van der Waals surface area contributed by atoms with Gasteiger partial charge in [0, 0.05) is 17.6 Å². The molecule has 0 N–H and O–H groups in total. The number of amides is 1. The van der Waals surface area contributed by atoms with E-state index in [1.54, 1.807) is 17.0 Å². The van der Waals surface area contributed by atoms with E-state index in [2.05, 4.69) is 11.8 Å². The molecule has 2 rings (SSSR count). The molecule has 4 nitrogen and oxygen atoms in total. The minimum absolute atomic E-state index is 0.0102. The molecule has 1 aliphatic rings. The van der Waals surface area contributed by atoms with Crippen LogP contribution >= 0.6 is 11.6 Å². The van der Waals surface area contributed by atoms with Crippen LogP contribution in [0.3, 0.4) is 0 Å². The summed E-state index contributed by atoms with van der Waals surface area (Å²) in [7, 11) is 4.01. The van der Waals surface area contributed by atoms with Gasteiger partial charge in [0.15, 0.2) is 6.10 Å². The van der Waals surface area contributed by atoms with E-state index < -0.39 is 6.10 Å². The van der Waals surface area contributed by atoms with Crippen molar-refractivity contribution in [2.45, 2.75) is 32.4 Å². The number of rotatable bonds is 4. The first-order valence-electron chi connectivity index (χ1n) is 6.88. The number of hydrogen-bond acceptors (Lipinski definition) is 3. The van der Waals surface area contributed by atoms with Crippen molar-refractivity contribution in [1.29, 1.82) is 0 Å². The van der Waals surface area contributed by atoms with Crippen LogP contribution in [0.25, 0.3) is 0 Å². The summed E-state index contributed by atoms with van der Waals surface area (Å²) < 4.78 is 5.76. The highest BCUT2D eigenvalue weighted by Crippen LogP contribution is 2.36. The molecule has 0 saturated heterocycles. The molecule has 5 heteroatoms. The third-order valence-corrected chi connectivity index (χ3v) is 3.96. The molecule has 0 aliphatic carbocycles. The quantitative estimate of drug-likeness (QED) is 0.856. The highest BCUT2D eigenvalue weighted by molar-refractivity contribution is 6.31. The molecule has 2 unspecified atom stereocenters. The lowest BCUT2D eigenvalue weighted by molar-refractivity contribution is -0.126. The zero-order chi connectivity index (χ0) is 14.9. The Hall–Kier alpha value is -1.26. The van der Waals surface area contributed by atoms with Gasteiger partial charge in [0.25, 0.3) is 5.91 Å². The van der Waals surface area contributed by atoms with Gasteiger partial charge in [-0.15, -0.1) is 0 Å². The number of fused-ring (bicyclic) bond motifs is 1. The normalized spacial score (nSPS) is 19.8. The summed E-state index contributed by atoms with van der Waals surface area (Å²) in [6.45, 7) is 4.67. The second-order valence-electron chi connectivity index (χ2n) is 5.39. The smallest absolute Gasteiger partial charge is 0.268 e. The van der Waals surface area contributed by atoms with Gasteiger partial charge < -0.3 is 14.5 Å². The van der Waals surface area contributed by atoms with Crippen LogP contribution in [0, 0.1) is 0 Å². The fraction of sp³-hybridized carbons (Fsp3) is 0.533. The van der Waals surface area contributed by atoms with Crippen LogP contribution in [0.2, 0.25) is 5.02 Å². The number of nitrogens with zero attached hydrogens (tertiary/aromatic N) is 2. The molecule has 2 atom stereocenters. The molecule has 1 heterocycles. The average molecular weight is 297 g/mol. The Kier molecular flexibility index (Phi) is 4.55. The van der Waals surface area contributed by atoms with Crippen LogP contribution in [-0.2, 0) is 4.79 Å². The molecule has 1 aromatic carbocycles. The van der Waals surface area contributed by atoms with Crippen molar-refractivity contribution in [2.75, 3.05) is 25.5 Å². The van der Waals surface area contributed by atoms with Gasteiger partial charge in [0.05, 0.1) is 5.69 Å². The molecule has 110 valence electrons. The second kappa shape index (κ2) is 6.02. The highest BCUT2D eigenvalue weighted by Gasteiger charge is 2.34. The molecule has 0 spiro atoms. The standard InChI is InChI=1S/C15H21ClN2O2/c1-5-13-15(19)18(9-10(2)17(3)4)12-8-11(16)6-7-14(12)20-13/h6-8,10,13H,5,9H2,1-4H3. The van der Waals surface area contributed by atoms with E-state index in [-0.39, 0.29) is 11.9 Å². The molecule has 1 aliphatic heterocycles. The lowest BCUT2D eigenvalue weighted by Gasteiger charge is -2.36. The Labute approximate surface area is 125 Å². The largest absolute Gasteiger partial charge is 0.478 e. The van der Waals surface area contributed by atoms with Crippen LogP contribution in [0.15, 0.2) is 18.2 Å². The third kappa shape index (κ3) is 2.91. The number of hydrogen-bond donors (Lipinski definition) is 0. The molecule has 1 amide bonds. The van der Waals surface area contributed by atoms with Crippen molar-refractivity contribution in [3.63, 3.8) is 0 Å². The molecular formula is C15H21ClN2O2. The van der Waals surface area contributed by atoms with Crippen LogP contribution in [-0.4, -0.2) is 43.6 Å². The second-order valence-corrected chi connectivity index (χ2v) is 5.82. The van der Waals surface area contributed by atoms with Gasteiger partial charge in [-0.25, -0.2) is 0 Å². The maximum atomic E-state index is 12.5. The van der Waals surface area contributed by atoms with E-state index >= 15 is 0 Å². The minimum Gasteiger partial charge on any atom is -0.478 e. The SMILES string of the molecule is CCC1Oc2ccc(Cl)cc2N(CC(C)N(C)C)C1=O. The van der Waals surface area contributed by atoms with E-state index in [0.717, 1.165) is 11.4 Å². The molecule has 0 bridgehead atoms. The first-order chi connectivity index (χ1) is 9.43. The first-order valence-corrected chi connectivity index (χ1v) is 7.25. The fourth-order valence-corrected chi connectivity index (χ4v) is 2.34. The average Bonchev–Trinajstić information content (AvgIpc) is 2.41. The predicted octanol–water partition coefficient (Wildman–Crippen LogP) is 2.79. The summed E-state index contributed by atoms with van der Waals surface area (Å²) in [6, 6.07) is 5.67. The molecule has 0 aromatic heterocycles. The van der Waals surface area contributed by atoms with Crippen LogP contribution in [0.1, 0.15) is 20.3 Å². The van der Waals surface area contributed by atoms with Crippen molar-refractivity contribution >= 4 is 23.2 Å². The third-order valence-electron chi connectivity index (χ3n) is 3.72. The Bertz CT molecular complexity index is 505. The van der Waals surface area contributed by atoms with Crippen LogP contribution < -0.4 is 9.64 Å². The van der Waals surface area contributed by atoms with Crippen molar-refractivity contribution < 1.29 is 9.53 Å². The van der Waals surface area contributed by atoms with Crippen LogP contribution in [0.4, 0.5) is 5.69 Å². The monoisotopic (exact) mass is 296 g/mol. The number of benzene rings is 1. The summed E-state index contributed by atoms with van der Waals surface area (Å²) in [5.41, 5.74) is 0.765. The minimum atomic E-state index is -0.405. The number of ether oxygens (including phenoxy) is 1. The van der Waals surface area contributed by atoms with Gasteiger partial charge in [-0.1, -0.05) is 18.5 Å². The zero-order valence-corrected chi connectivity index (χ0v) is 13.1. The van der Waals surface area contributed by atoms with E-state index in [0.29, 0.717) is 18.0 Å². The molecule has 0 fully saturated rings. The summed E-state index contributed by atoms with van der Waals surface area (Å²) in [5.74, 6) is 0.739. The maximum Gasteiger partial charge on any atom is 0.268 e. The Morgan fingerprint density at radius 3 is 2.75 bits per heavy atom. The summed E-state index contributed by atoms with van der Waals surface area (Å²) in [6.07, 6.45) is 0.256. The Morgan fingerprint density at radius 2 is 2.15 bits per heavy atom. The first kappa shape index (κ1) is 15.1. The number of halogens is 1. The van der Waals surface area contributed by atoms with Crippen molar-refractivity contribution in [2.24, 2.45) is 0 Å². The summed E-state index contributed by atoms with van der Waals surface area (Å²) in [5, 5.41) is 0.609. The van der Waals surface area contributed by atoms with Gasteiger partial charge in [-0.2, -0.15) is 0 Å². The molecular weight excluding hydrogens is 276 g/mol. The van der Waals surface area contributed by atoms with Crippen molar-refractivity contribution in [3.8, 4) is 5.75 Å². The van der Waals surface area contributed by atoms with Gasteiger partial charge in [0.1, 0.15) is 5.75 Å². The molecule has 0 saturated carbocycles. The number of carbonyl (C=O) groups excluding carboxylic acids is 1. The molecule has 1 aromatic rings. The number of likely N-dealkylation sites (N-methyl/N-ethyl adjacent to an activating group) is 1. The molecule has 0 radical (unpaired) electrons. The lowest BCUT2D eigenvalue weighted by Crippen LogP contribution is -2.50. The fourth-order valence-electron chi connectivity index (χ4n) is 2.17. The van der Waals surface area contributed by atoms with E-state index in [1.165, 1.54) is 0 Å².